The van der Waals surface area contributed by atoms with Crippen molar-refractivity contribution in [3.05, 3.63) is 30.3 Å². The Balaban J connectivity index is 2.36. The van der Waals surface area contributed by atoms with Gasteiger partial charge in [0.1, 0.15) is 0 Å². The van der Waals surface area contributed by atoms with E-state index in [1.165, 1.54) is 12.8 Å². The van der Waals surface area contributed by atoms with E-state index in [0.717, 1.165) is 30.7 Å². The largest absolute Gasteiger partial charge is 0.349 e. The van der Waals surface area contributed by atoms with Crippen molar-refractivity contribution < 1.29 is 0 Å². The van der Waals surface area contributed by atoms with E-state index in [1.54, 1.807) is 0 Å². The molecule has 21 heavy (non-hydrogen) atoms. The molecule has 1 aromatic carbocycles. The Morgan fingerprint density at radius 2 is 1.52 bits per heavy atom. The maximum atomic E-state index is 4.80. The first kappa shape index (κ1) is 15.4. The lowest BCUT2D eigenvalue weighted by Gasteiger charge is -2.25. The summed E-state index contributed by atoms with van der Waals surface area (Å²) < 4.78 is 0. The maximum absolute atomic E-state index is 4.80. The minimum Gasteiger partial charge on any atom is -0.349 e. The fourth-order valence-electron chi connectivity index (χ4n) is 2.39. The molecule has 0 saturated carbocycles. The standard InChI is InChI=1S/C16H25N5/c1-19(2)16(20(3)4)18-15(21-12-8-9-13-21)17-14-10-6-5-7-11-14/h5-7,10-11H,8-9,12-13H2,1-4H3. The lowest BCUT2D eigenvalue weighted by Crippen LogP contribution is -2.38. The lowest BCUT2D eigenvalue weighted by molar-refractivity contribution is 0.475. The lowest BCUT2D eigenvalue weighted by atomic mass is 10.3. The molecule has 0 bridgehead atoms. The van der Waals surface area contributed by atoms with Gasteiger partial charge in [0.15, 0.2) is 0 Å². The number of hydrogen-bond acceptors (Lipinski definition) is 1. The number of benzene rings is 1. The molecule has 0 unspecified atom stereocenters. The van der Waals surface area contributed by atoms with Crippen LogP contribution in [0.2, 0.25) is 0 Å². The number of likely N-dealkylation sites (tertiary alicyclic amines) is 1. The van der Waals surface area contributed by atoms with E-state index < -0.39 is 0 Å². The molecule has 1 aliphatic heterocycles. The Bertz CT molecular complexity index is 489. The van der Waals surface area contributed by atoms with Crippen LogP contribution in [0, 0.1) is 0 Å². The van der Waals surface area contributed by atoms with Gasteiger partial charge in [-0.05, 0) is 25.0 Å². The van der Waals surface area contributed by atoms with Crippen molar-refractivity contribution >= 4 is 17.6 Å². The van der Waals surface area contributed by atoms with Crippen LogP contribution in [-0.4, -0.2) is 67.9 Å². The number of aliphatic imine (C=N–C) groups is 2. The van der Waals surface area contributed by atoms with Crippen LogP contribution in [0.1, 0.15) is 12.8 Å². The summed E-state index contributed by atoms with van der Waals surface area (Å²) in [5.74, 6) is 1.70. The summed E-state index contributed by atoms with van der Waals surface area (Å²) in [4.78, 5) is 15.8. The van der Waals surface area contributed by atoms with Crippen LogP contribution in [0.15, 0.2) is 40.3 Å². The van der Waals surface area contributed by atoms with Crippen molar-refractivity contribution in [2.75, 3.05) is 41.3 Å². The zero-order chi connectivity index (χ0) is 15.2. The molecule has 0 radical (unpaired) electrons. The minimum atomic E-state index is 0.802. The topological polar surface area (TPSA) is 34.4 Å². The van der Waals surface area contributed by atoms with E-state index in [0.29, 0.717) is 0 Å². The molecule has 0 aromatic heterocycles. The average Bonchev–Trinajstić information content (AvgIpc) is 2.97. The van der Waals surface area contributed by atoms with Crippen molar-refractivity contribution in [3.8, 4) is 0 Å². The Morgan fingerprint density at radius 1 is 0.952 bits per heavy atom. The fourth-order valence-corrected chi connectivity index (χ4v) is 2.39. The van der Waals surface area contributed by atoms with Crippen LogP contribution in [0.5, 0.6) is 0 Å². The molecule has 0 N–H and O–H groups in total. The summed E-state index contributed by atoms with van der Waals surface area (Å²) in [6, 6.07) is 10.0. The predicted octanol–water partition coefficient (Wildman–Crippen LogP) is 2.25. The van der Waals surface area contributed by atoms with Gasteiger partial charge in [-0.3, -0.25) is 0 Å². The molecule has 1 saturated heterocycles. The van der Waals surface area contributed by atoms with Crippen molar-refractivity contribution in [1.82, 2.24) is 14.7 Å². The molecular weight excluding hydrogens is 262 g/mol. The zero-order valence-corrected chi connectivity index (χ0v) is 13.5. The number of hydrogen-bond donors (Lipinski definition) is 0. The van der Waals surface area contributed by atoms with E-state index in [2.05, 4.69) is 4.90 Å². The van der Waals surface area contributed by atoms with E-state index in [-0.39, 0.29) is 0 Å². The summed E-state index contributed by atoms with van der Waals surface area (Å²) in [6.07, 6.45) is 2.42. The fraction of sp³-hybridized carbons (Fsp3) is 0.500. The SMILES string of the molecule is CN(C)C(=NC(=Nc1ccccc1)N1CCCC1)N(C)C. The van der Waals surface area contributed by atoms with Crippen molar-refractivity contribution in [2.45, 2.75) is 12.8 Å². The van der Waals surface area contributed by atoms with Gasteiger partial charge in [-0.1, -0.05) is 18.2 Å². The third kappa shape index (κ3) is 4.21. The highest BCUT2D eigenvalue weighted by atomic mass is 15.4. The second kappa shape index (κ2) is 7.11. The number of nitrogens with zero attached hydrogens (tertiary/aromatic N) is 5. The maximum Gasteiger partial charge on any atom is 0.229 e. The van der Waals surface area contributed by atoms with Crippen molar-refractivity contribution in [3.63, 3.8) is 0 Å². The zero-order valence-electron chi connectivity index (χ0n) is 13.5. The van der Waals surface area contributed by atoms with Gasteiger partial charge in [-0.2, -0.15) is 4.99 Å². The summed E-state index contributed by atoms with van der Waals surface area (Å²) in [7, 11) is 8.01. The van der Waals surface area contributed by atoms with Gasteiger partial charge < -0.3 is 14.7 Å². The predicted molar refractivity (Wildman–Crippen MR) is 89.2 cm³/mol. The highest BCUT2D eigenvalue weighted by Crippen LogP contribution is 2.15. The Labute approximate surface area is 127 Å². The smallest absolute Gasteiger partial charge is 0.229 e. The number of para-hydroxylation sites is 1. The first-order chi connectivity index (χ1) is 10.1. The van der Waals surface area contributed by atoms with E-state index >= 15 is 0 Å². The van der Waals surface area contributed by atoms with Gasteiger partial charge in [0.2, 0.25) is 11.9 Å². The highest BCUT2D eigenvalue weighted by molar-refractivity contribution is 5.95. The summed E-state index contributed by atoms with van der Waals surface area (Å²) >= 11 is 0. The molecule has 0 atom stereocenters. The van der Waals surface area contributed by atoms with Crippen molar-refractivity contribution in [1.29, 1.82) is 0 Å². The van der Waals surface area contributed by atoms with Gasteiger partial charge in [0.05, 0.1) is 5.69 Å². The Morgan fingerprint density at radius 3 is 2.05 bits per heavy atom. The van der Waals surface area contributed by atoms with E-state index in [1.807, 2.05) is 68.3 Å². The first-order valence-corrected chi connectivity index (χ1v) is 7.40. The van der Waals surface area contributed by atoms with Crippen LogP contribution in [0.25, 0.3) is 0 Å². The molecule has 1 fully saturated rings. The Kier molecular flexibility index (Phi) is 5.20. The van der Waals surface area contributed by atoms with E-state index in [9.17, 15) is 0 Å². The molecule has 5 heteroatoms. The number of rotatable bonds is 1. The van der Waals surface area contributed by atoms with Gasteiger partial charge in [-0.25, -0.2) is 4.99 Å². The highest BCUT2D eigenvalue weighted by Gasteiger charge is 2.18. The molecule has 1 aliphatic rings. The molecule has 114 valence electrons. The molecular formula is C16H25N5. The summed E-state index contributed by atoms with van der Waals surface area (Å²) in [5.41, 5.74) is 0.944. The van der Waals surface area contributed by atoms with Gasteiger partial charge in [0, 0.05) is 41.3 Å². The van der Waals surface area contributed by atoms with Crippen LogP contribution in [0.3, 0.4) is 0 Å². The Hall–Kier alpha value is -2.04. The van der Waals surface area contributed by atoms with Crippen LogP contribution in [-0.2, 0) is 0 Å². The van der Waals surface area contributed by atoms with Crippen LogP contribution >= 0.6 is 0 Å². The molecule has 0 amide bonds. The third-order valence-corrected chi connectivity index (χ3v) is 3.37. The van der Waals surface area contributed by atoms with Gasteiger partial charge in [-0.15, -0.1) is 0 Å². The second-order valence-corrected chi connectivity index (χ2v) is 5.64. The van der Waals surface area contributed by atoms with Gasteiger partial charge >= 0.3 is 0 Å². The minimum absolute atomic E-state index is 0.802. The molecule has 2 rings (SSSR count). The summed E-state index contributed by atoms with van der Waals surface area (Å²) in [6.45, 7) is 2.06. The van der Waals surface area contributed by atoms with Gasteiger partial charge in [0.25, 0.3) is 0 Å². The van der Waals surface area contributed by atoms with Crippen LogP contribution < -0.4 is 0 Å². The molecule has 0 aliphatic carbocycles. The summed E-state index contributed by atoms with van der Waals surface area (Å²) in [5, 5.41) is 0. The molecule has 5 nitrogen and oxygen atoms in total. The second-order valence-electron chi connectivity index (χ2n) is 5.64. The van der Waals surface area contributed by atoms with Crippen LogP contribution in [0.4, 0.5) is 5.69 Å². The average molecular weight is 287 g/mol. The first-order valence-electron chi connectivity index (χ1n) is 7.40. The molecule has 1 heterocycles. The third-order valence-electron chi connectivity index (χ3n) is 3.37. The number of guanidine groups is 2. The van der Waals surface area contributed by atoms with E-state index in [4.69, 9.17) is 9.98 Å². The molecule has 0 spiro atoms. The van der Waals surface area contributed by atoms with Crippen molar-refractivity contribution in [2.24, 2.45) is 9.98 Å². The normalized spacial score (nSPS) is 15.0. The quantitative estimate of drug-likeness (QED) is 0.587. The molecule has 1 aromatic rings. The monoisotopic (exact) mass is 287 g/mol.